The molecule has 3 heterocycles. The van der Waals surface area contributed by atoms with Gasteiger partial charge in [-0.25, -0.2) is 0 Å². The van der Waals surface area contributed by atoms with E-state index >= 15 is 0 Å². The van der Waals surface area contributed by atoms with Gasteiger partial charge in [0.2, 0.25) is 0 Å². The number of hydrogen-bond acceptors (Lipinski definition) is 7. The van der Waals surface area contributed by atoms with Gasteiger partial charge in [0, 0.05) is 39.3 Å². The Morgan fingerprint density at radius 1 is 1.06 bits per heavy atom. The van der Waals surface area contributed by atoms with Crippen LogP contribution in [-0.4, -0.2) is 104 Å². The molecule has 1 aromatic carbocycles. The van der Waals surface area contributed by atoms with Crippen molar-refractivity contribution in [2.24, 2.45) is 5.92 Å². The van der Waals surface area contributed by atoms with Gasteiger partial charge in [-0.2, -0.15) is 0 Å². The Labute approximate surface area is 197 Å². The Balaban J connectivity index is 1.26. The molecule has 3 fully saturated rings. The molecule has 3 atom stereocenters. The summed E-state index contributed by atoms with van der Waals surface area (Å²) in [5.41, 5.74) is 1.05. The first-order valence-electron chi connectivity index (χ1n) is 12.4. The molecule has 0 aromatic heterocycles. The number of benzene rings is 1. The SMILES string of the molecule is COc1ccccc1N1CCN(C(=O)[C@@H]2O[C@H](CCN3CCC(CO)CC3)CC[C@@H]2O)CC1. The second-order valence-electron chi connectivity index (χ2n) is 9.56. The molecule has 2 N–H and O–H groups in total. The van der Waals surface area contributed by atoms with E-state index in [1.54, 1.807) is 7.11 Å². The zero-order valence-corrected chi connectivity index (χ0v) is 19.8. The van der Waals surface area contributed by atoms with E-state index in [1.807, 2.05) is 29.2 Å². The Morgan fingerprint density at radius 2 is 1.79 bits per heavy atom. The number of aliphatic hydroxyl groups is 2. The number of carbonyl (C=O) groups is 1. The summed E-state index contributed by atoms with van der Waals surface area (Å²) in [5.74, 6) is 1.19. The molecule has 3 saturated heterocycles. The monoisotopic (exact) mass is 461 g/mol. The molecule has 8 heteroatoms. The number of piperidine rings is 1. The smallest absolute Gasteiger partial charge is 0.254 e. The van der Waals surface area contributed by atoms with Crippen LogP contribution in [0.3, 0.4) is 0 Å². The van der Waals surface area contributed by atoms with Gasteiger partial charge in [0.1, 0.15) is 5.75 Å². The van der Waals surface area contributed by atoms with Gasteiger partial charge in [-0.1, -0.05) is 12.1 Å². The fraction of sp³-hybridized carbons (Fsp3) is 0.720. The van der Waals surface area contributed by atoms with Crippen LogP contribution in [0.5, 0.6) is 5.75 Å². The summed E-state index contributed by atoms with van der Waals surface area (Å²) in [4.78, 5) is 19.7. The predicted molar refractivity (Wildman–Crippen MR) is 127 cm³/mol. The molecular formula is C25H39N3O5. The fourth-order valence-corrected chi connectivity index (χ4v) is 5.27. The maximum absolute atomic E-state index is 13.2. The van der Waals surface area contributed by atoms with Crippen LogP contribution in [0.25, 0.3) is 0 Å². The first kappa shape index (κ1) is 24.3. The summed E-state index contributed by atoms with van der Waals surface area (Å²) in [6.45, 7) is 5.91. The van der Waals surface area contributed by atoms with Crippen LogP contribution in [0.15, 0.2) is 24.3 Å². The number of ether oxygens (including phenoxy) is 2. The first-order valence-corrected chi connectivity index (χ1v) is 12.4. The van der Waals surface area contributed by atoms with E-state index in [0.717, 1.165) is 69.8 Å². The van der Waals surface area contributed by atoms with Crippen molar-refractivity contribution in [3.05, 3.63) is 24.3 Å². The molecule has 8 nitrogen and oxygen atoms in total. The Bertz CT molecular complexity index is 762. The van der Waals surface area contributed by atoms with Crippen LogP contribution in [0.2, 0.25) is 0 Å². The van der Waals surface area contributed by atoms with Crippen molar-refractivity contribution in [3.8, 4) is 5.75 Å². The zero-order valence-electron chi connectivity index (χ0n) is 19.8. The van der Waals surface area contributed by atoms with Crippen LogP contribution in [0.4, 0.5) is 5.69 Å². The highest BCUT2D eigenvalue weighted by atomic mass is 16.5. The number of likely N-dealkylation sites (tertiary alicyclic amines) is 1. The molecule has 0 saturated carbocycles. The van der Waals surface area contributed by atoms with E-state index in [2.05, 4.69) is 9.80 Å². The van der Waals surface area contributed by atoms with Crippen molar-refractivity contribution in [3.63, 3.8) is 0 Å². The molecule has 1 amide bonds. The number of rotatable bonds is 7. The summed E-state index contributed by atoms with van der Waals surface area (Å²) >= 11 is 0. The minimum atomic E-state index is -0.762. The van der Waals surface area contributed by atoms with E-state index < -0.39 is 12.2 Å². The molecular weight excluding hydrogens is 422 g/mol. The highest BCUT2D eigenvalue weighted by Crippen LogP contribution is 2.29. The number of nitrogens with zero attached hydrogens (tertiary/aromatic N) is 3. The second-order valence-corrected chi connectivity index (χ2v) is 9.56. The third-order valence-electron chi connectivity index (χ3n) is 7.47. The highest BCUT2D eigenvalue weighted by molar-refractivity contribution is 5.82. The van der Waals surface area contributed by atoms with Crippen LogP contribution >= 0.6 is 0 Å². The molecule has 0 spiro atoms. The largest absolute Gasteiger partial charge is 0.495 e. The van der Waals surface area contributed by atoms with Gasteiger partial charge in [-0.15, -0.1) is 0 Å². The maximum Gasteiger partial charge on any atom is 0.254 e. The molecule has 3 aliphatic heterocycles. The first-order chi connectivity index (χ1) is 16.1. The lowest BCUT2D eigenvalue weighted by molar-refractivity contribution is -0.168. The van der Waals surface area contributed by atoms with E-state index in [0.29, 0.717) is 25.4 Å². The number of aliphatic hydroxyl groups excluding tert-OH is 2. The molecule has 1 aromatic rings. The van der Waals surface area contributed by atoms with Gasteiger partial charge in [0.15, 0.2) is 6.10 Å². The van der Waals surface area contributed by atoms with Crippen molar-refractivity contribution >= 4 is 11.6 Å². The van der Waals surface area contributed by atoms with Gasteiger partial charge in [-0.05, 0) is 63.2 Å². The quantitative estimate of drug-likeness (QED) is 0.634. The molecule has 4 rings (SSSR count). The lowest BCUT2D eigenvalue weighted by Crippen LogP contribution is -2.56. The molecule has 3 aliphatic rings. The average molecular weight is 462 g/mol. The predicted octanol–water partition coefficient (Wildman–Crippen LogP) is 1.35. The van der Waals surface area contributed by atoms with Crippen molar-refractivity contribution in [1.29, 1.82) is 0 Å². The summed E-state index contributed by atoms with van der Waals surface area (Å²) in [5, 5.41) is 19.8. The van der Waals surface area contributed by atoms with Gasteiger partial charge in [-0.3, -0.25) is 4.79 Å². The lowest BCUT2D eigenvalue weighted by Gasteiger charge is -2.41. The van der Waals surface area contributed by atoms with Gasteiger partial charge in [0.05, 0.1) is 25.0 Å². The molecule has 0 unspecified atom stereocenters. The summed E-state index contributed by atoms with van der Waals surface area (Å²) < 4.78 is 11.6. The Kier molecular flexibility index (Phi) is 8.46. The third kappa shape index (κ3) is 5.98. The third-order valence-corrected chi connectivity index (χ3v) is 7.47. The van der Waals surface area contributed by atoms with Gasteiger partial charge in [0.25, 0.3) is 5.91 Å². The minimum absolute atomic E-state index is 0.00721. The van der Waals surface area contributed by atoms with Crippen molar-refractivity contribution in [1.82, 2.24) is 9.80 Å². The number of amides is 1. The number of hydrogen-bond donors (Lipinski definition) is 2. The van der Waals surface area contributed by atoms with Crippen LogP contribution in [-0.2, 0) is 9.53 Å². The lowest BCUT2D eigenvalue weighted by atomic mass is 9.96. The Morgan fingerprint density at radius 3 is 2.48 bits per heavy atom. The van der Waals surface area contributed by atoms with Crippen LogP contribution in [0, 0.1) is 5.92 Å². The summed E-state index contributed by atoms with van der Waals surface area (Å²) in [7, 11) is 1.67. The number of anilines is 1. The molecule has 33 heavy (non-hydrogen) atoms. The number of para-hydroxylation sites is 2. The van der Waals surface area contributed by atoms with Crippen molar-refractivity contribution < 1.29 is 24.5 Å². The topological polar surface area (TPSA) is 85.7 Å². The normalized spacial score (nSPS) is 27.5. The van der Waals surface area contributed by atoms with Crippen LogP contribution < -0.4 is 9.64 Å². The van der Waals surface area contributed by atoms with Gasteiger partial charge >= 0.3 is 0 Å². The fourth-order valence-electron chi connectivity index (χ4n) is 5.27. The van der Waals surface area contributed by atoms with E-state index in [-0.39, 0.29) is 18.6 Å². The molecule has 0 aliphatic carbocycles. The number of piperazine rings is 1. The minimum Gasteiger partial charge on any atom is -0.495 e. The second kappa shape index (κ2) is 11.5. The average Bonchev–Trinajstić information content (AvgIpc) is 2.88. The van der Waals surface area contributed by atoms with Crippen LogP contribution in [0.1, 0.15) is 32.1 Å². The van der Waals surface area contributed by atoms with Crippen molar-refractivity contribution in [2.75, 3.05) is 64.4 Å². The van der Waals surface area contributed by atoms with E-state index in [4.69, 9.17) is 9.47 Å². The number of carbonyl (C=O) groups excluding carboxylic acids is 1. The zero-order chi connectivity index (χ0) is 23.2. The van der Waals surface area contributed by atoms with Crippen molar-refractivity contribution in [2.45, 2.75) is 50.4 Å². The standard InChI is InChI=1S/C25H39N3O5/c1-32-23-5-3-2-4-21(23)27-14-16-28(17-15-27)25(31)24-22(30)7-6-20(33-24)10-13-26-11-8-19(18-29)9-12-26/h2-5,19-20,22,24,29-30H,6-18H2,1H3/t20-,22-,24+/m0/s1. The summed E-state index contributed by atoms with van der Waals surface area (Å²) in [6, 6.07) is 7.95. The van der Waals surface area contributed by atoms with E-state index in [9.17, 15) is 15.0 Å². The summed E-state index contributed by atoms with van der Waals surface area (Å²) in [6.07, 6.45) is 2.87. The molecule has 0 bridgehead atoms. The molecule has 184 valence electrons. The highest BCUT2D eigenvalue weighted by Gasteiger charge is 2.38. The van der Waals surface area contributed by atoms with E-state index in [1.165, 1.54) is 0 Å². The maximum atomic E-state index is 13.2. The Hall–Kier alpha value is -1.87. The van der Waals surface area contributed by atoms with Gasteiger partial charge < -0.3 is 34.4 Å². The molecule has 0 radical (unpaired) electrons. The number of methoxy groups -OCH3 is 1.